The van der Waals surface area contributed by atoms with Crippen molar-refractivity contribution in [1.82, 2.24) is 14.8 Å². The van der Waals surface area contributed by atoms with Crippen molar-refractivity contribution in [2.45, 2.75) is 50.9 Å². The molecule has 1 N–H and O–H groups in total. The van der Waals surface area contributed by atoms with Gasteiger partial charge in [-0.1, -0.05) is 54.9 Å². The second kappa shape index (κ2) is 11.8. The van der Waals surface area contributed by atoms with Crippen molar-refractivity contribution in [2.24, 2.45) is 5.92 Å². The molecule has 0 aliphatic heterocycles. The number of para-hydroxylation sites is 1. The van der Waals surface area contributed by atoms with Gasteiger partial charge in [0.25, 0.3) is 0 Å². The van der Waals surface area contributed by atoms with Crippen molar-refractivity contribution in [3.05, 3.63) is 63.8 Å². The molecule has 4 rings (SSSR count). The number of benzene rings is 1. The number of aromatic nitrogens is 3. The van der Waals surface area contributed by atoms with Gasteiger partial charge < -0.3 is 10.1 Å². The molecule has 7 nitrogen and oxygen atoms in total. The lowest BCUT2D eigenvalue weighted by Gasteiger charge is -2.20. The van der Waals surface area contributed by atoms with Crippen LogP contribution in [0, 0.1) is 17.2 Å². The van der Waals surface area contributed by atoms with Crippen LogP contribution in [-0.4, -0.2) is 26.4 Å². The lowest BCUT2D eigenvalue weighted by atomic mass is 9.86. The molecule has 1 unspecified atom stereocenters. The van der Waals surface area contributed by atoms with E-state index in [4.69, 9.17) is 16.3 Å². The number of thioether (sulfide) groups is 1. The third kappa shape index (κ3) is 5.89. The molecule has 0 fully saturated rings. The molecule has 0 saturated heterocycles. The van der Waals surface area contributed by atoms with Crippen LogP contribution in [0.5, 0.6) is 5.75 Å². The zero-order valence-corrected chi connectivity index (χ0v) is 21.8. The summed E-state index contributed by atoms with van der Waals surface area (Å²) in [4.78, 5) is 14.0. The number of amides is 1. The monoisotopic (exact) mass is 527 g/mol. The predicted octanol–water partition coefficient (Wildman–Crippen LogP) is 5.88. The molecule has 3 aromatic rings. The first-order valence-electron chi connectivity index (χ1n) is 11.4. The summed E-state index contributed by atoms with van der Waals surface area (Å²) in [7, 11) is 0. The molecule has 1 atom stereocenters. The molecule has 0 saturated carbocycles. The zero-order valence-electron chi connectivity index (χ0n) is 19.4. The zero-order chi connectivity index (χ0) is 24.8. The van der Waals surface area contributed by atoms with E-state index in [0.717, 1.165) is 31.2 Å². The van der Waals surface area contributed by atoms with Gasteiger partial charge in [0.2, 0.25) is 5.91 Å². The Morgan fingerprint density at radius 2 is 2.29 bits per heavy atom. The van der Waals surface area contributed by atoms with Crippen molar-refractivity contribution >= 4 is 45.6 Å². The maximum absolute atomic E-state index is 12.8. The molecule has 1 aliphatic rings. The summed E-state index contributed by atoms with van der Waals surface area (Å²) in [5, 5.41) is 22.9. The Kier molecular flexibility index (Phi) is 8.50. The number of carbonyl (C=O) groups is 1. The molecule has 10 heteroatoms. The Balaban J connectivity index is 1.40. The number of thiophene rings is 1. The number of hydrogen-bond acceptors (Lipinski definition) is 7. The summed E-state index contributed by atoms with van der Waals surface area (Å²) in [5.74, 6) is 1.79. The molecule has 0 radical (unpaired) electrons. The number of carbonyl (C=O) groups excluding carboxylic acids is 1. The Morgan fingerprint density at radius 3 is 3.03 bits per heavy atom. The first-order chi connectivity index (χ1) is 17.0. The Hall–Kier alpha value is -2.80. The average molecular weight is 528 g/mol. The van der Waals surface area contributed by atoms with Gasteiger partial charge in [0, 0.05) is 11.4 Å². The van der Waals surface area contributed by atoms with Crippen molar-refractivity contribution in [2.75, 3.05) is 11.1 Å². The summed E-state index contributed by atoms with van der Waals surface area (Å²) in [6.07, 6.45) is 5.86. The first kappa shape index (κ1) is 25.3. The van der Waals surface area contributed by atoms with E-state index in [1.807, 2.05) is 16.7 Å². The van der Waals surface area contributed by atoms with Gasteiger partial charge in [-0.3, -0.25) is 9.36 Å². The minimum Gasteiger partial charge on any atom is -0.484 e. The van der Waals surface area contributed by atoms with Crippen LogP contribution in [0.4, 0.5) is 5.00 Å². The van der Waals surface area contributed by atoms with E-state index in [1.165, 1.54) is 28.0 Å². The van der Waals surface area contributed by atoms with Crippen LogP contribution in [0.2, 0.25) is 5.02 Å². The number of halogens is 1. The van der Waals surface area contributed by atoms with Gasteiger partial charge in [-0.05, 0) is 42.9 Å². The first-order valence-corrected chi connectivity index (χ1v) is 13.6. The summed E-state index contributed by atoms with van der Waals surface area (Å²) in [6, 6.07) is 9.53. The second-order valence-corrected chi connectivity index (χ2v) is 10.6. The number of ether oxygens (including phenoxy) is 1. The normalized spacial score (nSPS) is 14.7. The molecule has 2 aromatic heterocycles. The maximum Gasteiger partial charge on any atom is 0.235 e. The van der Waals surface area contributed by atoms with E-state index < -0.39 is 0 Å². The van der Waals surface area contributed by atoms with Crippen LogP contribution in [0.15, 0.2) is 42.1 Å². The Bertz CT molecular complexity index is 1260. The minimum absolute atomic E-state index is 0.145. The van der Waals surface area contributed by atoms with Gasteiger partial charge >= 0.3 is 0 Å². The van der Waals surface area contributed by atoms with Gasteiger partial charge in [-0.25, -0.2) is 0 Å². The van der Waals surface area contributed by atoms with E-state index in [9.17, 15) is 10.1 Å². The van der Waals surface area contributed by atoms with E-state index in [0.29, 0.717) is 44.8 Å². The quantitative estimate of drug-likeness (QED) is 0.261. The van der Waals surface area contributed by atoms with Crippen molar-refractivity contribution in [3.63, 3.8) is 0 Å². The lowest BCUT2D eigenvalue weighted by molar-refractivity contribution is -0.113. The second-order valence-electron chi connectivity index (χ2n) is 8.19. The molecule has 182 valence electrons. The highest BCUT2D eigenvalue weighted by Crippen LogP contribution is 2.40. The number of fused-ring (bicyclic) bond motifs is 1. The number of nitriles is 1. The standard InChI is InChI=1S/C25H26ClN5O2S2/c1-3-11-31-22(14-33-20-8-6-5-7-19(20)26)29-30-25(31)34-15-23(32)28-24-18(13-27)17-10-9-16(4-2)12-21(17)35-24/h3,5-8,16H,1,4,9-12,14-15H2,2H3,(H,28,32). The average Bonchev–Trinajstić information content (AvgIpc) is 3.41. The molecule has 35 heavy (non-hydrogen) atoms. The van der Waals surface area contributed by atoms with Crippen LogP contribution in [-0.2, 0) is 30.8 Å². The van der Waals surface area contributed by atoms with Gasteiger partial charge in [0.1, 0.15) is 23.4 Å². The third-order valence-corrected chi connectivity index (χ3v) is 8.39. The fraction of sp³-hybridized carbons (Fsp3) is 0.360. The molecular weight excluding hydrogens is 502 g/mol. The summed E-state index contributed by atoms with van der Waals surface area (Å²) in [5.41, 5.74) is 1.73. The number of nitrogens with one attached hydrogen (secondary N) is 1. The van der Waals surface area contributed by atoms with E-state index in [2.05, 4.69) is 35.1 Å². The molecule has 1 aromatic carbocycles. The van der Waals surface area contributed by atoms with Crippen molar-refractivity contribution in [1.29, 1.82) is 5.26 Å². The molecular formula is C25H26ClN5O2S2. The van der Waals surface area contributed by atoms with Crippen LogP contribution >= 0.6 is 34.7 Å². The highest BCUT2D eigenvalue weighted by Gasteiger charge is 2.26. The summed E-state index contributed by atoms with van der Waals surface area (Å²) in [6.45, 7) is 6.67. The highest BCUT2D eigenvalue weighted by atomic mass is 35.5. The van der Waals surface area contributed by atoms with Crippen molar-refractivity contribution in [3.8, 4) is 11.8 Å². The molecule has 0 bridgehead atoms. The number of allylic oxidation sites excluding steroid dienone is 1. The Labute approximate surface area is 218 Å². The van der Waals surface area contributed by atoms with Crippen molar-refractivity contribution < 1.29 is 9.53 Å². The van der Waals surface area contributed by atoms with Crippen LogP contribution < -0.4 is 10.1 Å². The minimum atomic E-state index is -0.181. The fourth-order valence-electron chi connectivity index (χ4n) is 4.05. The predicted molar refractivity (Wildman–Crippen MR) is 140 cm³/mol. The summed E-state index contributed by atoms with van der Waals surface area (Å²) >= 11 is 8.99. The number of nitrogens with zero attached hydrogens (tertiary/aromatic N) is 4. The largest absolute Gasteiger partial charge is 0.484 e. The SMILES string of the molecule is C=CCn1c(COc2ccccc2Cl)nnc1SCC(=O)Nc1sc2c(c1C#N)CCC(CC)C2. The van der Waals surface area contributed by atoms with Gasteiger partial charge in [0.15, 0.2) is 11.0 Å². The smallest absolute Gasteiger partial charge is 0.235 e. The summed E-state index contributed by atoms with van der Waals surface area (Å²) < 4.78 is 7.66. The van der Waals surface area contributed by atoms with E-state index in [-0.39, 0.29) is 18.3 Å². The highest BCUT2D eigenvalue weighted by molar-refractivity contribution is 7.99. The molecule has 1 amide bonds. The third-order valence-electron chi connectivity index (χ3n) is 5.94. The maximum atomic E-state index is 12.8. The van der Waals surface area contributed by atoms with Gasteiger partial charge in [-0.2, -0.15) is 5.26 Å². The molecule has 0 spiro atoms. The Morgan fingerprint density at radius 1 is 1.46 bits per heavy atom. The van der Waals surface area contributed by atoms with Crippen LogP contribution in [0.1, 0.15) is 41.6 Å². The molecule has 1 aliphatic carbocycles. The van der Waals surface area contributed by atoms with E-state index >= 15 is 0 Å². The molecule has 2 heterocycles. The van der Waals surface area contributed by atoms with Crippen LogP contribution in [0.25, 0.3) is 0 Å². The van der Waals surface area contributed by atoms with Gasteiger partial charge in [0.05, 0.1) is 16.3 Å². The van der Waals surface area contributed by atoms with E-state index in [1.54, 1.807) is 18.2 Å². The lowest BCUT2D eigenvalue weighted by Crippen LogP contribution is -2.15. The number of anilines is 1. The topological polar surface area (TPSA) is 92.8 Å². The number of hydrogen-bond donors (Lipinski definition) is 1. The number of rotatable bonds is 10. The fourth-order valence-corrected chi connectivity index (χ4v) is 6.34. The van der Waals surface area contributed by atoms with Gasteiger partial charge in [-0.15, -0.1) is 28.1 Å². The van der Waals surface area contributed by atoms with Crippen LogP contribution in [0.3, 0.4) is 0 Å².